The lowest BCUT2D eigenvalue weighted by atomic mass is 10.1. The molecule has 0 radical (unpaired) electrons. The number of methoxy groups -OCH3 is 1. The molecular formula is C17H26N2O4S. The predicted molar refractivity (Wildman–Crippen MR) is 92.1 cm³/mol. The van der Waals surface area contributed by atoms with Crippen molar-refractivity contribution in [1.82, 2.24) is 9.62 Å². The van der Waals surface area contributed by atoms with Crippen LogP contribution in [0.2, 0.25) is 0 Å². The Hall–Kier alpha value is -0.830. The number of benzene rings is 1. The van der Waals surface area contributed by atoms with E-state index in [4.69, 9.17) is 9.47 Å². The summed E-state index contributed by atoms with van der Waals surface area (Å²) in [5.41, 5.74) is 1.09. The number of ether oxygens (including phenoxy) is 2. The molecule has 6 nitrogen and oxygen atoms in total. The molecule has 2 aliphatic heterocycles. The van der Waals surface area contributed by atoms with Gasteiger partial charge in [-0.25, -0.2) is 0 Å². The predicted octanol–water partition coefficient (Wildman–Crippen LogP) is 1.20. The summed E-state index contributed by atoms with van der Waals surface area (Å²) < 4.78 is 38.0. The Balaban J connectivity index is 1.60. The van der Waals surface area contributed by atoms with E-state index in [9.17, 15) is 8.76 Å². The van der Waals surface area contributed by atoms with Gasteiger partial charge >= 0.3 is 0 Å². The Kier molecular flexibility index (Phi) is 6.02. The minimum Gasteiger partial charge on any atom is -0.598 e. The first-order chi connectivity index (χ1) is 11.6. The lowest BCUT2D eigenvalue weighted by Crippen LogP contribution is -2.50. The van der Waals surface area contributed by atoms with E-state index in [1.54, 1.807) is 7.11 Å². The van der Waals surface area contributed by atoms with Gasteiger partial charge in [-0.05, 0) is 24.9 Å². The van der Waals surface area contributed by atoms with Gasteiger partial charge in [0.2, 0.25) is 0 Å². The molecule has 2 heterocycles. The van der Waals surface area contributed by atoms with Crippen molar-refractivity contribution in [2.75, 3.05) is 32.6 Å². The molecule has 1 aromatic carbocycles. The number of hydrogen-bond acceptors (Lipinski definition) is 5. The zero-order chi connectivity index (χ0) is 17.0. The van der Waals surface area contributed by atoms with Crippen LogP contribution in [0.5, 0.6) is 0 Å². The highest BCUT2D eigenvalue weighted by atomic mass is 32.3. The minimum absolute atomic E-state index is 0.0478. The lowest BCUT2D eigenvalue weighted by Gasteiger charge is -2.31. The van der Waals surface area contributed by atoms with Crippen LogP contribution in [-0.4, -0.2) is 60.2 Å². The van der Waals surface area contributed by atoms with E-state index in [1.807, 2.05) is 30.3 Å². The van der Waals surface area contributed by atoms with Crippen molar-refractivity contribution in [3.05, 3.63) is 35.9 Å². The zero-order valence-electron chi connectivity index (χ0n) is 14.1. The second kappa shape index (κ2) is 8.03. The molecule has 3 rings (SSSR count). The summed E-state index contributed by atoms with van der Waals surface area (Å²) in [6.07, 6.45) is 2.14. The van der Waals surface area contributed by atoms with Crippen LogP contribution in [0.25, 0.3) is 0 Å². The molecule has 2 saturated heterocycles. The van der Waals surface area contributed by atoms with Gasteiger partial charge in [0.05, 0.1) is 31.9 Å². The molecule has 1 N–H and O–H groups in total. The highest BCUT2D eigenvalue weighted by Crippen LogP contribution is 2.27. The fourth-order valence-corrected chi connectivity index (χ4v) is 5.37. The fraction of sp³-hybridized carbons (Fsp3) is 0.647. The van der Waals surface area contributed by atoms with Crippen LogP contribution in [0, 0.1) is 0 Å². The van der Waals surface area contributed by atoms with Crippen LogP contribution in [0.4, 0.5) is 0 Å². The molecule has 0 saturated carbocycles. The molecule has 0 aromatic heterocycles. The van der Waals surface area contributed by atoms with Crippen LogP contribution in [0.15, 0.2) is 30.3 Å². The smallest absolute Gasteiger partial charge is 0.144 e. The lowest BCUT2D eigenvalue weighted by molar-refractivity contribution is 0.0532. The van der Waals surface area contributed by atoms with E-state index < -0.39 is 10.4 Å². The number of nitrogens with one attached hydrogen (secondary N) is 1. The van der Waals surface area contributed by atoms with Gasteiger partial charge < -0.3 is 14.0 Å². The molecule has 7 heteroatoms. The number of likely N-dealkylation sites (tertiary alicyclic amines) is 1. The molecule has 0 aliphatic carbocycles. The van der Waals surface area contributed by atoms with Gasteiger partial charge in [-0.15, -0.1) is 4.72 Å². The maximum atomic E-state index is 12.1. The van der Waals surface area contributed by atoms with E-state index in [0.717, 1.165) is 24.9 Å². The Bertz CT molecular complexity index is 571. The molecule has 0 spiro atoms. The molecule has 2 fully saturated rings. The van der Waals surface area contributed by atoms with Gasteiger partial charge in [0, 0.05) is 13.2 Å². The van der Waals surface area contributed by atoms with E-state index in [0.29, 0.717) is 25.9 Å². The normalized spacial score (nSPS) is 34.0. The highest BCUT2D eigenvalue weighted by molar-refractivity contribution is 7.96. The Labute approximate surface area is 144 Å². The van der Waals surface area contributed by atoms with Crippen molar-refractivity contribution in [2.24, 2.45) is 0 Å². The van der Waals surface area contributed by atoms with Gasteiger partial charge in [-0.1, -0.05) is 34.5 Å². The number of hydrogen-bond donors (Lipinski definition) is 1. The summed E-state index contributed by atoms with van der Waals surface area (Å²) in [4.78, 5) is 2.29. The van der Waals surface area contributed by atoms with Crippen molar-refractivity contribution >= 4 is 10.4 Å². The van der Waals surface area contributed by atoms with Crippen LogP contribution in [0.3, 0.4) is 0 Å². The minimum atomic E-state index is -3.23. The molecule has 2 aliphatic rings. The second-order valence-corrected chi connectivity index (χ2v) is 8.36. The van der Waals surface area contributed by atoms with E-state index >= 15 is 0 Å². The molecule has 0 amide bonds. The Morgan fingerprint density at radius 1 is 1.33 bits per heavy atom. The van der Waals surface area contributed by atoms with Gasteiger partial charge in [0.1, 0.15) is 16.2 Å². The molecular weight excluding hydrogens is 328 g/mol. The topological polar surface area (TPSA) is 73.9 Å². The summed E-state index contributed by atoms with van der Waals surface area (Å²) in [6, 6.07) is 9.97. The van der Waals surface area contributed by atoms with E-state index in [2.05, 4.69) is 9.62 Å². The highest BCUT2D eigenvalue weighted by Gasteiger charge is 2.47. The summed E-state index contributed by atoms with van der Waals surface area (Å²) in [5.74, 6) is 0.145. The summed E-state index contributed by atoms with van der Waals surface area (Å²) in [6.45, 7) is 2.45. The van der Waals surface area contributed by atoms with Crippen LogP contribution >= 0.6 is 0 Å². The molecule has 24 heavy (non-hydrogen) atoms. The monoisotopic (exact) mass is 354 g/mol. The fourth-order valence-electron chi connectivity index (χ4n) is 3.71. The quantitative estimate of drug-likeness (QED) is 0.745. The van der Waals surface area contributed by atoms with Gasteiger partial charge in [-0.3, -0.25) is 4.90 Å². The second-order valence-electron chi connectivity index (χ2n) is 6.56. The maximum Gasteiger partial charge on any atom is 0.144 e. The van der Waals surface area contributed by atoms with Crippen molar-refractivity contribution in [2.45, 2.75) is 37.6 Å². The maximum absolute atomic E-state index is 12.1. The zero-order valence-corrected chi connectivity index (χ0v) is 14.9. The van der Waals surface area contributed by atoms with E-state index in [1.165, 1.54) is 0 Å². The SMILES string of the molecule is COC[C@H]1CCCN1[C@H]1C[S+](=O)([O-])N[C@H]1COCc1ccccc1. The standard InChI is InChI=1S/C17H26N2O4S/c1-22-11-15-8-5-9-19(15)17-13-24(20,21)18-16(17)12-23-10-14-6-3-2-4-7-14/h2-4,6-7,15-17H,5,8-13H2,1H3,(H-,18,20,21)/t15-,16+,17+/m1/s1. The average molecular weight is 354 g/mol. The van der Waals surface area contributed by atoms with Gasteiger partial charge in [0.15, 0.2) is 0 Å². The first kappa shape index (κ1) is 18.0. The summed E-state index contributed by atoms with van der Waals surface area (Å²) >= 11 is 0. The third-order valence-electron chi connectivity index (χ3n) is 4.80. The summed E-state index contributed by atoms with van der Waals surface area (Å²) in [7, 11) is -1.53. The van der Waals surface area contributed by atoms with Crippen molar-refractivity contribution in [3.8, 4) is 0 Å². The van der Waals surface area contributed by atoms with Crippen molar-refractivity contribution in [3.63, 3.8) is 0 Å². The van der Waals surface area contributed by atoms with Gasteiger partial charge in [-0.2, -0.15) is 0 Å². The third-order valence-corrected chi connectivity index (χ3v) is 6.24. The Morgan fingerprint density at radius 3 is 2.88 bits per heavy atom. The van der Waals surface area contributed by atoms with E-state index in [-0.39, 0.29) is 17.8 Å². The molecule has 1 aromatic rings. The number of sulfonamides is 1. The van der Waals surface area contributed by atoms with Crippen LogP contribution < -0.4 is 4.72 Å². The average Bonchev–Trinajstić information content (AvgIpc) is 3.12. The summed E-state index contributed by atoms with van der Waals surface area (Å²) in [5, 5.41) is 0. The van der Waals surface area contributed by atoms with Crippen molar-refractivity contribution in [1.29, 1.82) is 0 Å². The van der Waals surface area contributed by atoms with Crippen molar-refractivity contribution < 1.29 is 18.2 Å². The largest absolute Gasteiger partial charge is 0.598 e. The number of rotatable bonds is 7. The molecule has 1 unspecified atom stereocenters. The third kappa shape index (κ3) is 4.41. The van der Waals surface area contributed by atoms with Crippen LogP contribution in [0.1, 0.15) is 18.4 Å². The molecule has 0 bridgehead atoms. The first-order valence-corrected chi connectivity index (χ1v) is 10.1. The van der Waals surface area contributed by atoms with Gasteiger partial charge in [0.25, 0.3) is 0 Å². The Morgan fingerprint density at radius 2 is 2.12 bits per heavy atom. The van der Waals surface area contributed by atoms with Crippen LogP contribution in [-0.2, 0) is 30.7 Å². The molecule has 4 atom stereocenters. The molecule has 134 valence electrons. The first-order valence-electron chi connectivity index (χ1n) is 8.45. The number of nitrogens with zero attached hydrogens (tertiary/aromatic N) is 1.